The number of hydrogen-bond acceptors (Lipinski definition) is 2. The summed E-state index contributed by atoms with van der Waals surface area (Å²) in [5, 5.41) is 5.00. The Kier molecular flexibility index (Phi) is 8.31. The average Bonchev–Trinajstić information content (AvgIpc) is 3.87. The van der Waals surface area contributed by atoms with Crippen LogP contribution >= 0.6 is 0 Å². The summed E-state index contributed by atoms with van der Waals surface area (Å²) >= 11 is 0. The molecule has 0 radical (unpaired) electrons. The third-order valence-electron chi connectivity index (χ3n) is 13.4. The zero-order valence-corrected chi connectivity index (χ0v) is 35.0. The van der Waals surface area contributed by atoms with Gasteiger partial charge >= 0.3 is 0 Å². The molecule has 0 spiro atoms. The van der Waals surface area contributed by atoms with Gasteiger partial charge in [-0.15, -0.1) is 0 Å². The molecule has 1 aliphatic rings. The number of rotatable bonds is 6. The smallest absolute Gasteiger partial charge is 0.0645 e. The first-order valence-electron chi connectivity index (χ1n) is 22.1. The summed E-state index contributed by atoms with van der Waals surface area (Å²) in [6.07, 6.45) is 9.60. The lowest BCUT2D eigenvalue weighted by atomic mass is 9.83. The van der Waals surface area contributed by atoms with Gasteiger partial charge in [-0.1, -0.05) is 121 Å². The molecular formula is C60H40N4. The summed E-state index contributed by atoms with van der Waals surface area (Å²) < 4.78 is 4.80. The molecule has 1 aliphatic carbocycles. The highest BCUT2D eigenvalue weighted by Gasteiger charge is 2.24. The zero-order valence-electron chi connectivity index (χ0n) is 35.0. The summed E-state index contributed by atoms with van der Waals surface area (Å²) in [6, 6.07) is 71.2. The molecule has 0 saturated heterocycles. The van der Waals surface area contributed by atoms with Gasteiger partial charge in [0.25, 0.3) is 0 Å². The van der Waals surface area contributed by atoms with Crippen molar-refractivity contribution in [2.24, 2.45) is 0 Å². The van der Waals surface area contributed by atoms with E-state index >= 15 is 0 Å². The van der Waals surface area contributed by atoms with Crippen molar-refractivity contribution >= 4 is 43.6 Å². The van der Waals surface area contributed by atoms with Gasteiger partial charge in [0.1, 0.15) is 0 Å². The third-order valence-corrected chi connectivity index (χ3v) is 13.4. The van der Waals surface area contributed by atoms with Crippen LogP contribution in [0.15, 0.2) is 219 Å². The number of aromatic nitrogens is 4. The van der Waals surface area contributed by atoms with Crippen LogP contribution in [0.5, 0.6) is 0 Å². The highest BCUT2D eigenvalue weighted by Crippen LogP contribution is 2.46. The van der Waals surface area contributed by atoms with Crippen LogP contribution in [-0.2, 0) is 12.8 Å². The topological polar surface area (TPSA) is 35.6 Å². The SMILES string of the molecule is c1ccc(-c2ccccc2-c2ccc3c(c2)c2cc4c(cc2n3-c2cccnc2)-c2cc3c(cc2CC4)c2cc(-c4ccccc4-c4ccccc4)ccc2n3-c2cccnc2)cc1. The van der Waals surface area contributed by atoms with Crippen LogP contribution in [0, 0.1) is 0 Å². The Labute approximate surface area is 371 Å². The van der Waals surface area contributed by atoms with Crippen LogP contribution in [0.2, 0.25) is 0 Å². The second-order valence-corrected chi connectivity index (χ2v) is 16.9. The van der Waals surface area contributed by atoms with E-state index in [4.69, 9.17) is 0 Å². The molecule has 300 valence electrons. The van der Waals surface area contributed by atoms with E-state index in [0.29, 0.717) is 0 Å². The number of pyridine rings is 2. The van der Waals surface area contributed by atoms with E-state index < -0.39 is 0 Å². The summed E-state index contributed by atoms with van der Waals surface area (Å²) in [6.45, 7) is 0. The summed E-state index contributed by atoms with van der Waals surface area (Å²) in [7, 11) is 0. The maximum Gasteiger partial charge on any atom is 0.0645 e. The Morgan fingerprint density at radius 2 is 0.688 bits per heavy atom. The normalized spacial score (nSPS) is 12.2. The molecule has 13 rings (SSSR count). The first kappa shape index (κ1) is 36.3. The van der Waals surface area contributed by atoms with Crippen molar-refractivity contribution in [1.82, 2.24) is 19.1 Å². The monoisotopic (exact) mass is 816 g/mol. The molecule has 0 atom stereocenters. The number of benzene rings is 8. The van der Waals surface area contributed by atoms with E-state index in [1.807, 2.05) is 36.9 Å². The van der Waals surface area contributed by atoms with Gasteiger partial charge in [-0.05, 0) is 152 Å². The van der Waals surface area contributed by atoms with E-state index in [1.165, 1.54) is 110 Å². The first-order valence-corrected chi connectivity index (χ1v) is 22.1. The maximum absolute atomic E-state index is 4.60. The van der Waals surface area contributed by atoms with E-state index in [9.17, 15) is 0 Å². The molecule has 0 fully saturated rings. The van der Waals surface area contributed by atoms with Gasteiger partial charge in [-0.3, -0.25) is 9.97 Å². The van der Waals surface area contributed by atoms with Crippen LogP contribution in [0.1, 0.15) is 11.1 Å². The van der Waals surface area contributed by atoms with Crippen molar-refractivity contribution < 1.29 is 0 Å². The standard InChI is InChI=1S/C60H40N4/c1-3-13-39(14-4-1)47-19-7-9-21-49(47)41-25-27-57-53(31-41)55-33-43-23-24-44-34-56-54-32-42(50-22-10-8-20-48(50)40-15-5-2-6-16-40)26-28-58(54)64(46-18-12-30-62-38-46)60(56)36-52(44)51(43)35-59(55)63(57)45-17-11-29-61-37-45/h1-22,25-38H,23-24H2. The minimum atomic E-state index is 0.969. The highest BCUT2D eigenvalue weighted by atomic mass is 15.0. The maximum atomic E-state index is 4.60. The van der Waals surface area contributed by atoms with Gasteiger partial charge in [0.05, 0.1) is 45.8 Å². The van der Waals surface area contributed by atoms with Gasteiger partial charge in [0.15, 0.2) is 0 Å². The molecule has 4 heterocycles. The minimum absolute atomic E-state index is 0.969. The van der Waals surface area contributed by atoms with Gasteiger partial charge < -0.3 is 9.13 Å². The number of nitrogens with zero attached hydrogens (tertiary/aromatic N) is 4. The molecule has 0 amide bonds. The lowest BCUT2D eigenvalue weighted by Gasteiger charge is -2.21. The summed E-state index contributed by atoms with van der Waals surface area (Å²) in [4.78, 5) is 9.20. The fourth-order valence-corrected chi connectivity index (χ4v) is 10.5. The Morgan fingerprint density at radius 3 is 1.09 bits per heavy atom. The lowest BCUT2D eigenvalue weighted by Crippen LogP contribution is -2.05. The fraction of sp³-hybridized carbons (Fsp3) is 0.0333. The van der Waals surface area contributed by atoms with Crippen molar-refractivity contribution in [2.75, 3.05) is 0 Å². The van der Waals surface area contributed by atoms with Crippen molar-refractivity contribution in [3.63, 3.8) is 0 Å². The fourth-order valence-electron chi connectivity index (χ4n) is 10.5. The van der Waals surface area contributed by atoms with E-state index in [0.717, 1.165) is 24.2 Å². The predicted octanol–water partition coefficient (Wildman–Crippen LogP) is 15.1. The minimum Gasteiger partial charge on any atom is -0.308 e. The van der Waals surface area contributed by atoms with E-state index in [1.54, 1.807) is 0 Å². The van der Waals surface area contributed by atoms with Gasteiger partial charge in [-0.25, -0.2) is 0 Å². The molecule has 0 saturated carbocycles. The Morgan fingerprint density at radius 1 is 0.297 bits per heavy atom. The van der Waals surface area contributed by atoms with E-state index in [2.05, 4.69) is 201 Å². The number of aryl methyl sites for hydroxylation is 2. The van der Waals surface area contributed by atoms with Crippen LogP contribution < -0.4 is 0 Å². The molecule has 0 bridgehead atoms. The second kappa shape index (κ2) is 14.6. The number of fused-ring (bicyclic) bond motifs is 9. The Bertz CT molecular complexity index is 3500. The van der Waals surface area contributed by atoms with Crippen LogP contribution in [0.4, 0.5) is 0 Å². The second-order valence-electron chi connectivity index (χ2n) is 16.9. The largest absolute Gasteiger partial charge is 0.308 e. The molecule has 0 N–H and O–H groups in total. The molecule has 12 aromatic rings. The Hall–Kier alpha value is -8.34. The van der Waals surface area contributed by atoms with Crippen molar-refractivity contribution in [3.8, 4) is 67.0 Å². The molecular weight excluding hydrogens is 777 g/mol. The van der Waals surface area contributed by atoms with Gasteiger partial charge in [0, 0.05) is 33.9 Å². The van der Waals surface area contributed by atoms with E-state index in [-0.39, 0.29) is 0 Å². The molecule has 4 aromatic heterocycles. The van der Waals surface area contributed by atoms with Crippen LogP contribution in [0.3, 0.4) is 0 Å². The third kappa shape index (κ3) is 5.76. The summed E-state index contributed by atoms with van der Waals surface area (Å²) in [5.41, 5.74) is 21.9. The molecule has 64 heavy (non-hydrogen) atoms. The van der Waals surface area contributed by atoms with Crippen molar-refractivity contribution in [3.05, 3.63) is 230 Å². The molecule has 8 aromatic carbocycles. The average molecular weight is 817 g/mol. The molecule has 4 heteroatoms. The quantitative estimate of drug-likeness (QED) is 0.168. The Balaban J connectivity index is 1.03. The van der Waals surface area contributed by atoms with Crippen LogP contribution in [0.25, 0.3) is 111 Å². The molecule has 0 unspecified atom stereocenters. The first-order chi connectivity index (χ1) is 31.7. The van der Waals surface area contributed by atoms with Crippen molar-refractivity contribution in [2.45, 2.75) is 12.8 Å². The zero-order chi connectivity index (χ0) is 42.1. The molecule has 0 aliphatic heterocycles. The summed E-state index contributed by atoms with van der Waals surface area (Å²) in [5.74, 6) is 0. The van der Waals surface area contributed by atoms with Crippen LogP contribution in [-0.4, -0.2) is 19.1 Å². The lowest BCUT2D eigenvalue weighted by molar-refractivity contribution is 0.946. The highest BCUT2D eigenvalue weighted by molar-refractivity contribution is 6.14. The number of hydrogen-bond donors (Lipinski definition) is 0. The van der Waals surface area contributed by atoms with Gasteiger partial charge in [-0.2, -0.15) is 0 Å². The molecule has 4 nitrogen and oxygen atoms in total. The predicted molar refractivity (Wildman–Crippen MR) is 265 cm³/mol. The van der Waals surface area contributed by atoms with Gasteiger partial charge in [0.2, 0.25) is 0 Å². The van der Waals surface area contributed by atoms with Crippen molar-refractivity contribution in [1.29, 1.82) is 0 Å².